The standard InChI is InChI=1S/C42H48N3.Ir/c1-9-10-11-16-26-42(35-22-14-12-20-33(35)34-21-13-15-23-36(34)42)32-19-17-18-30(28-32)38-43-44-39(41(6,7)8)45(38)37-25-24-31(27-29(37)2)40(3,4)5;/h12-15,17,19-25,27-28H,9-11,16,26H2,1-8H3;/q-1;. The van der Waals surface area contributed by atoms with E-state index in [1.165, 1.54) is 64.6 Å². The van der Waals surface area contributed by atoms with E-state index in [1.54, 1.807) is 0 Å². The quantitative estimate of drug-likeness (QED) is 0.116. The van der Waals surface area contributed by atoms with Crippen LogP contribution in [0.1, 0.15) is 114 Å². The van der Waals surface area contributed by atoms with Crippen molar-refractivity contribution in [3.63, 3.8) is 0 Å². The van der Waals surface area contributed by atoms with Crippen molar-refractivity contribution in [2.45, 2.75) is 104 Å². The first-order valence-corrected chi connectivity index (χ1v) is 16.8. The monoisotopic (exact) mass is 787 g/mol. The molecule has 0 unspecified atom stereocenters. The third kappa shape index (κ3) is 5.95. The molecule has 1 heterocycles. The molecule has 0 spiro atoms. The topological polar surface area (TPSA) is 30.7 Å². The maximum absolute atomic E-state index is 4.89. The fourth-order valence-electron chi connectivity index (χ4n) is 7.27. The molecule has 0 amide bonds. The molecule has 1 radical (unpaired) electrons. The van der Waals surface area contributed by atoms with E-state index in [1.807, 2.05) is 0 Å². The largest absolute Gasteiger partial charge is 0.319 e. The van der Waals surface area contributed by atoms with Gasteiger partial charge in [-0.05, 0) is 58.2 Å². The molecule has 1 aliphatic rings. The summed E-state index contributed by atoms with van der Waals surface area (Å²) in [5.74, 6) is 1.79. The number of hydrogen-bond donors (Lipinski definition) is 0. The van der Waals surface area contributed by atoms with Gasteiger partial charge in [0.05, 0.1) is 5.82 Å². The van der Waals surface area contributed by atoms with Crippen LogP contribution in [0.4, 0.5) is 0 Å². The number of aryl methyl sites for hydroxylation is 1. The maximum atomic E-state index is 4.89. The Bertz CT molecular complexity index is 1790. The molecule has 46 heavy (non-hydrogen) atoms. The van der Waals surface area contributed by atoms with Crippen LogP contribution in [0.3, 0.4) is 0 Å². The fraction of sp³-hybridized carbons (Fsp3) is 0.381. The van der Waals surface area contributed by atoms with Crippen LogP contribution in [-0.4, -0.2) is 14.8 Å². The van der Waals surface area contributed by atoms with Gasteiger partial charge in [-0.15, -0.1) is 40.5 Å². The Balaban J connectivity index is 0.00000417. The van der Waals surface area contributed by atoms with Crippen molar-refractivity contribution in [2.24, 2.45) is 0 Å². The number of aromatic nitrogens is 3. The van der Waals surface area contributed by atoms with Crippen LogP contribution in [0.5, 0.6) is 0 Å². The number of benzene rings is 4. The summed E-state index contributed by atoms with van der Waals surface area (Å²) in [7, 11) is 0. The zero-order valence-electron chi connectivity index (χ0n) is 28.8. The van der Waals surface area contributed by atoms with Crippen LogP contribution in [0.15, 0.2) is 84.9 Å². The van der Waals surface area contributed by atoms with E-state index in [-0.39, 0.29) is 36.4 Å². The second kappa shape index (κ2) is 13.1. The molecular formula is C42H48IrN3-. The summed E-state index contributed by atoms with van der Waals surface area (Å²) in [4.78, 5) is 0. The van der Waals surface area contributed by atoms with Gasteiger partial charge in [0, 0.05) is 36.6 Å². The van der Waals surface area contributed by atoms with E-state index in [0.717, 1.165) is 29.3 Å². The summed E-state index contributed by atoms with van der Waals surface area (Å²) in [5.41, 5.74) is 11.1. The molecule has 1 aromatic heterocycles. The first-order chi connectivity index (χ1) is 21.5. The minimum absolute atomic E-state index is 0. The number of hydrogen-bond acceptors (Lipinski definition) is 2. The zero-order valence-corrected chi connectivity index (χ0v) is 31.2. The summed E-state index contributed by atoms with van der Waals surface area (Å²) in [6, 6.07) is 35.2. The summed E-state index contributed by atoms with van der Waals surface area (Å²) in [5, 5.41) is 9.72. The maximum Gasteiger partial charge on any atom is 0.133 e. The van der Waals surface area contributed by atoms with Crippen molar-refractivity contribution in [3.8, 4) is 28.2 Å². The van der Waals surface area contributed by atoms with Crippen LogP contribution >= 0.6 is 0 Å². The molecule has 0 N–H and O–H groups in total. The Morgan fingerprint density at radius 1 is 0.739 bits per heavy atom. The first-order valence-electron chi connectivity index (χ1n) is 16.8. The van der Waals surface area contributed by atoms with E-state index in [9.17, 15) is 0 Å². The van der Waals surface area contributed by atoms with Gasteiger partial charge in [0.25, 0.3) is 0 Å². The molecule has 0 fully saturated rings. The Morgan fingerprint density at radius 2 is 1.39 bits per heavy atom. The van der Waals surface area contributed by atoms with Crippen molar-refractivity contribution in [1.29, 1.82) is 0 Å². The molecule has 5 aromatic rings. The third-order valence-electron chi connectivity index (χ3n) is 9.64. The molecule has 0 saturated heterocycles. The van der Waals surface area contributed by atoms with Crippen LogP contribution in [0.25, 0.3) is 28.2 Å². The zero-order chi connectivity index (χ0) is 32.0. The first kappa shape index (κ1) is 34.0. The van der Waals surface area contributed by atoms with Crippen molar-refractivity contribution in [2.75, 3.05) is 0 Å². The number of nitrogens with zero attached hydrogens (tertiary/aromatic N) is 3. The second-order valence-electron chi connectivity index (χ2n) is 15.0. The number of rotatable bonds is 8. The van der Waals surface area contributed by atoms with E-state index >= 15 is 0 Å². The van der Waals surface area contributed by atoms with E-state index in [0.29, 0.717) is 0 Å². The van der Waals surface area contributed by atoms with Gasteiger partial charge in [0.15, 0.2) is 0 Å². The minimum Gasteiger partial charge on any atom is -0.319 e. The number of fused-ring (bicyclic) bond motifs is 3. The molecule has 0 atom stereocenters. The van der Waals surface area contributed by atoms with Crippen LogP contribution < -0.4 is 0 Å². The summed E-state index contributed by atoms with van der Waals surface area (Å²) in [6.45, 7) is 17.9. The van der Waals surface area contributed by atoms with Gasteiger partial charge < -0.3 is 4.57 Å². The molecule has 0 saturated carbocycles. The van der Waals surface area contributed by atoms with Gasteiger partial charge in [0.2, 0.25) is 0 Å². The average Bonchev–Trinajstić information content (AvgIpc) is 3.58. The van der Waals surface area contributed by atoms with Crippen LogP contribution in [-0.2, 0) is 36.4 Å². The molecule has 3 nitrogen and oxygen atoms in total. The van der Waals surface area contributed by atoms with Gasteiger partial charge in [-0.25, -0.2) is 0 Å². The van der Waals surface area contributed by atoms with Gasteiger partial charge in [-0.2, -0.15) is 5.10 Å². The Morgan fingerprint density at radius 3 is 1.98 bits per heavy atom. The molecule has 4 heteroatoms. The molecule has 241 valence electrons. The van der Waals surface area contributed by atoms with Gasteiger partial charge in [0.1, 0.15) is 5.82 Å². The average molecular weight is 787 g/mol. The molecule has 6 rings (SSSR count). The van der Waals surface area contributed by atoms with Crippen molar-refractivity contribution in [3.05, 3.63) is 125 Å². The second-order valence-corrected chi connectivity index (χ2v) is 15.0. The van der Waals surface area contributed by atoms with E-state index < -0.39 is 0 Å². The Kier molecular flexibility index (Phi) is 9.65. The molecule has 4 aromatic carbocycles. The molecular weight excluding hydrogens is 739 g/mol. The summed E-state index contributed by atoms with van der Waals surface area (Å²) >= 11 is 0. The van der Waals surface area contributed by atoms with Gasteiger partial charge in [-0.1, -0.05) is 135 Å². The predicted octanol–water partition coefficient (Wildman–Crippen LogP) is 10.9. The van der Waals surface area contributed by atoms with Gasteiger partial charge in [-0.3, -0.25) is 0 Å². The van der Waals surface area contributed by atoms with Crippen molar-refractivity contribution < 1.29 is 20.1 Å². The fourth-order valence-corrected chi connectivity index (χ4v) is 7.27. The molecule has 1 aliphatic carbocycles. The molecule has 0 aliphatic heterocycles. The van der Waals surface area contributed by atoms with Crippen LogP contribution in [0.2, 0.25) is 0 Å². The van der Waals surface area contributed by atoms with E-state index in [2.05, 4.69) is 151 Å². The number of unbranched alkanes of at least 4 members (excludes halogenated alkanes) is 3. The van der Waals surface area contributed by atoms with Crippen molar-refractivity contribution >= 4 is 0 Å². The Hall–Kier alpha value is -3.33. The smallest absolute Gasteiger partial charge is 0.133 e. The van der Waals surface area contributed by atoms with Crippen LogP contribution in [0, 0.1) is 13.0 Å². The minimum atomic E-state index is -0.229. The third-order valence-corrected chi connectivity index (χ3v) is 9.64. The normalized spacial score (nSPS) is 13.7. The summed E-state index contributed by atoms with van der Waals surface area (Å²) < 4.78 is 2.28. The Labute approximate surface area is 290 Å². The van der Waals surface area contributed by atoms with Crippen molar-refractivity contribution in [1.82, 2.24) is 14.8 Å². The van der Waals surface area contributed by atoms with Gasteiger partial charge >= 0.3 is 0 Å². The molecule has 0 bridgehead atoms. The SMILES string of the molecule is CCCCCCC1(c2cc[c-]c(-c3nnc(C(C)(C)C)n3-c3ccc(C(C)(C)C)cc3C)c2)c2ccccc2-c2ccccc21.[Ir]. The van der Waals surface area contributed by atoms with E-state index in [4.69, 9.17) is 10.2 Å². The predicted molar refractivity (Wildman–Crippen MR) is 188 cm³/mol. The summed E-state index contributed by atoms with van der Waals surface area (Å²) in [6.07, 6.45) is 5.97.